The summed E-state index contributed by atoms with van der Waals surface area (Å²) >= 11 is 0. The molecule has 1 unspecified atom stereocenters. The molecule has 17 heavy (non-hydrogen) atoms. The van der Waals surface area contributed by atoms with Gasteiger partial charge < -0.3 is 0 Å². The van der Waals surface area contributed by atoms with E-state index in [1.54, 1.807) is 0 Å². The number of hydrogen-bond donors (Lipinski definition) is 0. The highest BCUT2D eigenvalue weighted by molar-refractivity contribution is 5.59. The molecule has 0 radical (unpaired) electrons. The largest absolute Gasteiger partial charge is 0.256 e. The molecule has 2 aromatic rings. The summed E-state index contributed by atoms with van der Waals surface area (Å²) in [6.45, 7) is 6.80. The van der Waals surface area contributed by atoms with Gasteiger partial charge in [0.1, 0.15) is 0 Å². The quantitative estimate of drug-likeness (QED) is 0.749. The van der Waals surface area contributed by atoms with Crippen LogP contribution in [-0.4, -0.2) is 4.98 Å². The fourth-order valence-electron chi connectivity index (χ4n) is 1.88. The van der Waals surface area contributed by atoms with Crippen molar-refractivity contribution in [2.75, 3.05) is 0 Å². The second-order valence-corrected chi connectivity index (χ2v) is 4.87. The van der Waals surface area contributed by atoms with Gasteiger partial charge in [-0.1, -0.05) is 51.1 Å². The molecule has 0 aliphatic rings. The van der Waals surface area contributed by atoms with Crippen molar-refractivity contribution in [3.63, 3.8) is 0 Å². The van der Waals surface area contributed by atoms with Gasteiger partial charge >= 0.3 is 0 Å². The van der Waals surface area contributed by atoms with Crippen molar-refractivity contribution in [1.29, 1.82) is 0 Å². The average molecular weight is 225 g/mol. The zero-order valence-electron chi connectivity index (χ0n) is 10.7. The van der Waals surface area contributed by atoms with Crippen LogP contribution in [0.25, 0.3) is 11.3 Å². The number of hydrogen-bond acceptors (Lipinski definition) is 1. The second kappa shape index (κ2) is 5.13. The third kappa shape index (κ3) is 2.73. The van der Waals surface area contributed by atoms with Gasteiger partial charge in [-0.05, 0) is 29.5 Å². The summed E-state index contributed by atoms with van der Waals surface area (Å²) in [7, 11) is 0. The van der Waals surface area contributed by atoms with Gasteiger partial charge in [0.05, 0.1) is 5.69 Å². The lowest BCUT2D eigenvalue weighted by Crippen LogP contribution is -2.01. The second-order valence-electron chi connectivity index (χ2n) is 4.87. The van der Waals surface area contributed by atoms with Crippen LogP contribution in [-0.2, 0) is 0 Å². The first-order valence-corrected chi connectivity index (χ1v) is 6.20. The number of aromatic nitrogens is 1. The molecule has 0 spiro atoms. The lowest BCUT2D eigenvalue weighted by atomic mass is 9.90. The topological polar surface area (TPSA) is 12.9 Å². The van der Waals surface area contributed by atoms with Crippen LogP contribution in [0.2, 0.25) is 0 Å². The lowest BCUT2D eigenvalue weighted by molar-refractivity contribution is 0.535. The van der Waals surface area contributed by atoms with Gasteiger partial charge in [0.15, 0.2) is 0 Å². The molecule has 1 atom stereocenters. The van der Waals surface area contributed by atoms with E-state index in [0.29, 0.717) is 11.8 Å². The molecule has 0 aliphatic carbocycles. The Balaban J connectivity index is 2.25. The smallest absolute Gasteiger partial charge is 0.0701 e. The molecule has 0 bridgehead atoms. The minimum atomic E-state index is 0.604. The van der Waals surface area contributed by atoms with Gasteiger partial charge in [-0.25, -0.2) is 0 Å². The van der Waals surface area contributed by atoms with E-state index in [-0.39, 0.29) is 0 Å². The molecule has 0 saturated carbocycles. The summed E-state index contributed by atoms with van der Waals surface area (Å²) in [6, 6.07) is 14.8. The molecular formula is C16H19N. The molecule has 1 nitrogen and oxygen atoms in total. The van der Waals surface area contributed by atoms with Crippen molar-refractivity contribution in [1.82, 2.24) is 4.98 Å². The van der Waals surface area contributed by atoms with E-state index in [1.165, 1.54) is 11.1 Å². The summed E-state index contributed by atoms with van der Waals surface area (Å²) in [5.74, 6) is 1.28. The van der Waals surface area contributed by atoms with E-state index in [4.69, 9.17) is 0 Å². The number of pyridine rings is 1. The standard InChI is InChI=1S/C16H19N/c1-12(2)13(3)14-7-9-15(10-8-14)16-6-4-5-11-17-16/h4-13H,1-3H3. The maximum atomic E-state index is 4.36. The fourth-order valence-corrected chi connectivity index (χ4v) is 1.88. The van der Waals surface area contributed by atoms with Crippen LogP contribution in [0.5, 0.6) is 0 Å². The number of nitrogens with zero attached hydrogens (tertiary/aromatic N) is 1. The van der Waals surface area contributed by atoms with E-state index in [0.717, 1.165) is 5.69 Å². The Morgan fingerprint density at radius 1 is 0.882 bits per heavy atom. The monoisotopic (exact) mass is 225 g/mol. The van der Waals surface area contributed by atoms with E-state index < -0.39 is 0 Å². The summed E-state index contributed by atoms with van der Waals surface area (Å²) in [6.07, 6.45) is 1.83. The number of rotatable bonds is 3. The lowest BCUT2D eigenvalue weighted by Gasteiger charge is -2.16. The zero-order chi connectivity index (χ0) is 12.3. The Morgan fingerprint density at radius 2 is 1.59 bits per heavy atom. The van der Waals surface area contributed by atoms with Crippen LogP contribution >= 0.6 is 0 Å². The van der Waals surface area contributed by atoms with Crippen molar-refractivity contribution in [3.05, 3.63) is 54.2 Å². The van der Waals surface area contributed by atoms with Crippen molar-refractivity contribution >= 4 is 0 Å². The maximum absolute atomic E-state index is 4.36. The summed E-state index contributed by atoms with van der Waals surface area (Å²) in [5.41, 5.74) is 3.63. The van der Waals surface area contributed by atoms with Gasteiger partial charge in [-0.3, -0.25) is 4.98 Å². The molecule has 0 fully saturated rings. The van der Waals surface area contributed by atoms with Gasteiger partial charge in [-0.15, -0.1) is 0 Å². The maximum Gasteiger partial charge on any atom is 0.0701 e. The third-order valence-corrected chi connectivity index (χ3v) is 3.40. The molecule has 1 heterocycles. The molecule has 88 valence electrons. The predicted molar refractivity (Wildman–Crippen MR) is 72.9 cm³/mol. The predicted octanol–water partition coefficient (Wildman–Crippen LogP) is 4.51. The van der Waals surface area contributed by atoms with Gasteiger partial charge in [0.25, 0.3) is 0 Å². The normalized spacial score (nSPS) is 12.7. The minimum Gasteiger partial charge on any atom is -0.256 e. The first kappa shape index (κ1) is 11.8. The van der Waals surface area contributed by atoms with Crippen LogP contribution < -0.4 is 0 Å². The van der Waals surface area contributed by atoms with Gasteiger partial charge in [-0.2, -0.15) is 0 Å². The van der Waals surface area contributed by atoms with Crippen molar-refractivity contribution < 1.29 is 0 Å². The minimum absolute atomic E-state index is 0.604. The molecular weight excluding hydrogens is 206 g/mol. The Kier molecular flexibility index (Phi) is 3.58. The molecule has 0 saturated heterocycles. The molecule has 1 aromatic heterocycles. The molecule has 0 N–H and O–H groups in total. The average Bonchev–Trinajstić information content (AvgIpc) is 2.39. The SMILES string of the molecule is CC(C)C(C)c1ccc(-c2ccccn2)cc1. The Hall–Kier alpha value is -1.63. The molecule has 2 rings (SSSR count). The van der Waals surface area contributed by atoms with E-state index >= 15 is 0 Å². The van der Waals surface area contributed by atoms with E-state index in [1.807, 2.05) is 24.4 Å². The molecule has 1 aromatic carbocycles. The van der Waals surface area contributed by atoms with Crippen molar-refractivity contribution in [3.8, 4) is 11.3 Å². The van der Waals surface area contributed by atoms with Crippen LogP contribution in [0, 0.1) is 5.92 Å². The van der Waals surface area contributed by atoms with Crippen LogP contribution in [0.3, 0.4) is 0 Å². The third-order valence-electron chi connectivity index (χ3n) is 3.40. The highest BCUT2D eigenvalue weighted by Gasteiger charge is 2.09. The van der Waals surface area contributed by atoms with Gasteiger partial charge in [0, 0.05) is 11.8 Å². The zero-order valence-corrected chi connectivity index (χ0v) is 10.7. The van der Waals surface area contributed by atoms with Crippen LogP contribution in [0.15, 0.2) is 48.7 Å². The number of benzene rings is 1. The summed E-state index contributed by atoms with van der Waals surface area (Å²) < 4.78 is 0. The highest BCUT2D eigenvalue weighted by atomic mass is 14.7. The Bertz CT molecular complexity index is 457. The molecule has 0 aliphatic heterocycles. The summed E-state index contributed by atoms with van der Waals surface area (Å²) in [4.78, 5) is 4.36. The van der Waals surface area contributed by atoms with Crippen LogP contribution in [0.1, 0.15) is 32.3 Å². The van der Waals surface area contributed by atoms with Crippen molar-refractivity contribution in [2.24, 2.45) is 5.92 Å². The fraction of sp³-hybridized carbons (Fsp3) is 0.312. The first-order valence-electron chi connectivity index (χ1n) is 6.20. The highest BCUT2D eigenvalue weighted by Crippen LogP contribution is 2.25. The summed E-state index contributed by atoms with van der Waals surface area (Å²) in [5, 5.41) is 0. The molecule has 0 amide bonds. The van der Waals surface area contributed by atoms with E-state index in [9.17, 15) is 0 Å². The Labute approximate surface area is 104 Å². The van der Waals surface area contributed by atoms with Crippen LogP contribution in [0.4, 0.5) is 0 Å². The Morgan fingerprint density at radius 3 is 2.12 bits per heavy atom. The molecule has 1 heteroatoms. The first-order chi connectivity index (χ1) is 8.18. The van der Waals surface area contributed by atoms with E-state index in [2.05, 4.69) is 50.0 Å². The van der Waals surface area contributed by atoms with Crippen molar-refractivity contribution in [2.45, 2.75) is 26.7 Å². The van der Waals surface area contributed by atoms with Gasteiger partial charge in [0.2, 0.25) is 0 Å².